The van der Waals surface area contributed by atoms with Crippen LogP contribution in [0.1, 0.15) is 23.4 Å². The summed E-state index contributed by atoms with van der Waals surface area (Å²) >= 11 is 0. The van der Waals surface area contributed by atoms with Crippen LogP contribution in [0.15, 0.2) is 24.5 Å². The summed E-state index contributed by atoms with van der Waals surface area (Å²) in [6.45, 7) is 0.603. The number of anilines is 1. The summed E-state index contributed by atoms with van der Waals surface area (Å²) in [6, 6.07) is 1.38. The molecule has 0 saturated heterocycles. The maximum Gasteiger partial charge on any atom is 0.282 e. The fourth-order valence-electron chi connectivity index (χ4n) is 2.56. The largest absolute Gasteiger partial charge is 0.322 e. The summed E-state index contributed by atoms with van der Waals surface area (Å²) in [7, 11) is 0. The first kappa shape index (κ1) is 20.4. The van der Waals surface area contributed by atoms with Gasteiger partial charge in [-0.2, -0.15) is 10.2 Å². The Balaban J connectivity index is 1.68. The van der Waals surface area contributed by atoms with Crippen molar-refractivity contribution in [3.63, 3.8) is 0 Å². The zero-order valence-electron chi connectivity index (χ0n) is 14.8. The van der Waals surface area contributed by atoms with Crippen molar-refractivity contribution in [1.82, 2.24) is 19.6 Å². The average Bonchev–Trinajstić information content (AvgIpc) is 3.23. The smallest absolute Gasteiger partial charge is 0.282 e. The van der Waals surface area contributed by atoms with E-state index in [1.165, 1.54) is 13.1 Å². The van der Waals surface area contributed by atoms with E-state index in [1.54, 1.807) is 0 Å². The van der Waals surface area contributed by atoms with Gasteiger partial charge in [0.1, 0.15) is 18.1 Å². The molecule has 0 aliphatic rings. The fourth-order valence-corrected chi connectivity index (χ4v) is 2.56. The minimum Gasteiger partial charge on any atom is -0.322 e. The number of hydrogen-bond acceptors (Lipinski definition) is 3. The van der Waals surface area contributed by atoms with Crippen molar-refractivity contribution in [2.75, 3.05) is 5.32 Å². The van der Waals surface area contributed by atoms with Crippen LogP contribution in [0.5, 0.6) is 0 Å². The number of amides is 1. The molecule has 2 aromatic heterocycles. The van der Waals surface area contributed by atoms with Crippen LogP contribution in [-0.2, 0) is 17.9 Å². The van der Waals surface area contributed by atoms with Crippen LogP contribution in [-0.4, -0.2) is 25.5 Å². The second-order valence-corrected chi connectivity index (χ2v) is 6.09. The standard InChI is InChI=1S/C17H13F6N5O/c1-8-2-13(17(22)23)26-28(8)7-14(29)25-9-4-24-27(5-9)6-10-11(18)3-12(19)16(21)15(10)20/h2-5,17H,6-7H2,1H3,(H,25,29). The van der Waals surface area contributed by atoms with E-state index in [0.717, 1.165) is 21.6 Å². The Morgan fingerprint density at radius 2 is 1.86 bits per heavy atom. The molecule has 3 rings (SSSR count). The van der Waals surface area contributed by atoms with Crippen molar-refractivity contribution >= 4 is 11.6 Å². The van der Waals surface area contributed by atoms with Crippen molar-refractivity contribution in [3.05, 3.63) is 64.7 Å². The molecule has 0 bridgehead atoms. The van der Waals surface area contributed by atoms with E-state index >= 15 is 0 Å². The van der Waals surface area contributed by atoms with Gasteiger partial charge in [-0.25, -0.2) is 26.3 Å². The zero-order valence-corrected chi connectivity index (χ0v) is 14.8. The van der Waals surface area contributed by atoms with E-state index in [-0.39, 0.29) is 18.3 Å². The summed E-state index contributed by atoms with van der Waals surface area (Å²) in [4.78, 5) is 12.1. The third-order valence-corrected chi connectivity index (χ3v) is 3.96. The van der Waals surface area contributed by atoms with Gasteiger partial charge in [-0.3, -0.25) is 14.2 Å². The molecule has 0 aliphatic carbocycles. The number of benzene rings is 1. The third kappa shape index (κ3) is 4.41. The Kier molecular flexibility index (Phi) is 5.62. The third-order valence-electron chi connectivity index (χ3n) is 3.96. The molecule has 0 atom stereocenters. The first-order valence-corrected chi connectivity index (χ1v) is 8.12. The molecule has 1 amide bonds. The van der Waals surface area contributed by atoms with E-state index < -0.39 is 53.4 Å². The molecule has 1 N–H and O–H groups in total. The molecule has 0 saturated carbocycles. The normalized spacial score (nSPS) is 11.3. The van der Waals surface area contributed by atoms with Gasteiger partial charge in [0.25, 0.3) is 6.43 Å². The van der Waals surface area contributed by atoms with Crippen molar-refractivity contribution in [2.45, 2.75) is 26.4 Å². The number of nitrogens with zero attached hydrogens (tertiary/aromatic N) is 4. The van der Waals surface area contributed by atoms with E-state index in [9.17, 15) is 31.1 Å². The first-order chi connectivity index (χ1) is 13.7. The van der Waals surface area contributed by atoms with Gasteiger partial charge in [0.05, 0.1) is 18.4 Å². The Hall–Kier alpha value is -3.31. The van der Waals surface area contributed by atoms with E-state index in [4.69, 9.17) is 0 Å². The number of aryl methyl sites for hydroxylation is 1. The summed E-state index contributed by atoms with van der Waals surface area (Å²) in [5.74, 6) is -7.03. The van der Waals surface area contributed by atoms with Gasteiger partial charge >= 0.3 is 0 Å². The zero-order chi connectivity index (χ0) is 21.3. The summed E-state index contributed by atoms with van der Waals surface area (Å²) in [5.41, 5.74) is -0.706. The molecule has 0 aliphatic heterocycles. The predicted octanol–water partition coefficient (Wildman–Crippen LogP) is 3.57. The lowest BCUT2D eigenvalue weighted by Gasteiger charge is -2.07. The molecule has 0 spiro atoms. The maximum atomic E-state index is 13.7. The van der Waals surface area contributed by atoms with E-state index in [1.807, 2.05) is 0 Å². The van der Waals surface area contributed by atoms with Crippen molar-refractivity contribution in [2.24, 2.45) is 0 Å². The van der Waals surface area contributed by atoms with Gasteiger partial charge in [-0.15, -0.1) is 0 Å². The van der Waals surface area contributed by atoms with Crippen molar-refractivity contribution in [1.29, 1.82) is 0 Å². The van der Waals surface area contributed by atoms with Gasteiger partial charge in [0.15, 0.2) is 17.5 Å². The lowest BCUT2D eigenvalue weighted by Crippen LogP contribution is -2.20. The molecule has 3 aromatic rings. The van der Waals surface area contributed by atoms with E-state index in [0.29, 0.717) is 5.69 Å². The van der Waals surface area contributed by atoms with Gasteiger partial charge < -0.3 is 5.32 Å². The van der Waals surface area contributed by atoms with Crippen molar-refractivity contribution < 1.29 is 31.1 Å². The highest BCUT2D eigenvalue weighted by molar-refractivity contribution is 5.90. The molecular weight excluding hydrogens is 404 g/mol. The Bertz CT molecular complexity index is 1060. The highest BCUT2D eigenvalue weighted by Gasteiger charge is 2.20. The Labute approximate surface area is 159 Å². The fraction of sp³-hybridized carbons (Fsp3) is 0.235. The van der Waals surface area contributed by atoms with Gasteiger partial charge in [0.2, 0.25) is 5.91 Å². The lowest BCUT2D eigenvalue weighted by molar-refractivity contribution is -0.117. The maximum absolute atomic E-state index is 13.7. The number of nitrogens with one attached hydrogen (secondary N) is 1. The molecular formula is C17H13F6N5O. The molecule has 12 heteroatoms. The average molecular weight is 417 g/mol. The summed E-state index contributed by atoms with van der Waals surface area (Å²) in [5, 5.41) is 9.82. The predicted molar refractivity (Wildman–Crippen MR) is 88.2 cm³/mol. The molecule has 29 heavy (non-hydrogen) atoms. The minimum atomic E-state index is -2.77. The summed E-state index contributed by atoms with van der Waals surface area (Å²) < 4.78 is 81.1. The minimum absolute atomic E-state index is 0.136. The highest BCUT2D eigenvalue weighted by Crippen LogP contribution is 2.21. The molecule has 154 valence electrons. The molecule has 0 unspecified atom stereocenters. The number of carbonyl (C=O) groups is 1. The number of halogens is 6. The molecule has 0 radical (unpaired) electrons. The van der Waals surface area contributed by atoms with Gasteiger partial charge in [-0.1, -0.05) is 0 Å². The topological polar surface area (TPSA) is 64.7 Å². The van der Waals surface area contributed by atoms with Crippen LogP contribution in [0.4, 0.5) is 32.0 Å². The number of rotatable bonds is 6. The number of aromatic nitrogens is 4. The highest BCUT2D eigenvalue weighted by atomic mass is 19.3. The molecule has 6 nitrogen and oxygen atoms in total. The van der Waals surface area contributed by atoms with E-state index in [2.05, 4.69) is 15.5 Å². The monoisotopic (exact) mass is 417 g/mol. The first-order valence-electron chi connectivity index (χ1n) is 8.12. The van der Waals surface area contributed by atoms with Crippen LogP contribution in [0, 0.1) is 30.2 Å². The molecule has 1 aromatic carbocycles. The van der Waals surface area contributed by atoms with Crippen LogP contribution < -0.4 is 5.32 Å². The lowest BCUT2D eigenvalue weighted by atomic mass is 10.2. The number of carbonyl (C=O) groups excluding carboxylic acids is 1. The molecule has 2 heterocycles. The SMILES string of the molecule is Cc1cc(C(F)F)nn1CC(=O)Nc1cnn(Cc2c(F)cc(F)c(F)c2F)c1. The van der Waals surface area contributed by atoms with Gasteiger partial charge in [0, 0.05) is 23.5 Å². The van der Waals surface area contributed by atoms with Crippen LogP contribution in [0.2, 0.25) is 0 Å². The number of hydrogen-bond donors (Lipinski definition) is 1. The number of alkyl halides is 2. The second-order valence-electron chi connectivity index (χ2n) is 6.09. The Morgan fingerprint density at radius 1 is 1.14 bits per heavy atom. The van der Waals surface area contributed by atoms with Crippen molar-refractivity contribution in [3.8, 4) is 0 Å². The Morgan fingerprint density at radius 3 is 2.52 bits per heavy atom. The quantitative estimate of drug-likeness (QED) is 0.379. The molecule has 0 fully saturated rings. The van der Waals surface area contributed by atoms with Crippen LogP contribution in [0.25, 0.3) is 0 Å². The van der Waals surface area contributed by atoms with Gasteiger partial charge in [-0.05, 0) is 13.0 Å². The van der Waals surface area contributed by atoms with Crippen LogP contribution >= 0.6 is 0 Å². The summed E-state index contributed by atoms with van der Waals surface area (Å²) in [6.07, 6.45) is -0.402. The van der Waals surface area contributed by atoms with Crippen LogP contribution in [0.3, 0.4) is 0 Å². The second kappa shape index (κ2) is 7.97.